The molecule has 0 aromatic heterocycles. The van der Waals surface area contributed by atoms with Gasteiger partial charge in [0.1, 0.15) is 11.3 Å². The van der Waals surface area contributed by atoms with Gasteiger partial charge in [0.25, 0.3) is 11.8 Å². The molecule has 0 aliphatic carbocycles. The number of barbiturate groups is 1. The van der Waals surface area contributed by atoms with E-state index in [9.17, 15) is 19.2 Å². The number of nitrogens with one attached hydrogen (secondary N) is 1. The van der Waals surface area contributed by atoms with Gasteiger partial charge in [-0.2, -0.15) is 0 Å². The first-order chi connectivity index (χ1) is 15.8. The van der Waals surface area contributed by atoms with Gasteiger partial charge in [-0.05, 0) is 61.7 Å². The molecule has 170 valence electrons. The number of imide groups is 2. The van der Waals surface area contributed by atoms with Crippen molar-refractivity contribution in [2.45, 2.75) is 20.3 Å². The predicted molar refractivity (Wildman–Crippen MR) is 123 cm³/mol. The van der Waals surface area contributed by atoms with Gasteiger partial charge in [0.2, 0.25) is 0 Å². The maximum Gasteiger partial charge on any atom is 0.344 e. The molecule has 1 heterocycles. The van der Waals surface area contributed by atoms with Crippen molar-refractivity contribution in [1.82, 2.24) is 5.32 Å². The van der Waals surface area contributed by atoms with Gasteiger partial charge < -0.3 is 9.47 Å². The van der Waals surface area contributed by atoms with Gasteiger partial charge in [0, 0.05) is 0 Å². The number of carbonyl (C=O) groups is 4. The molecule has 1 saturated heterocycles. The second-order valence-corrected chi connectivity index (χ2v) is 7.25. The zero-order valence-electron chi connectivity index (χ0n) is 18.4. The minimum atomic E-state index is -0.805. The summed E-state index contributed by atoms with van der Waals surface area (Å²) in [7, 11) is 0. The lowest BCUT2D eigenvalue weighted by Crippen LogP contribution is -2.54. The molecular formula is C25H24N2O6. The maximum atomic E-state index is 13.0. The quantitative estimate of drug-likeness (QED) is 0.288. The number of aryl methyl sites for hydroxylation is 1. The van der Waals surface area contributed by atoms with E-state index in [0.29, 0.717) is 29.0 Å². The van der Waals surface area contributed by atoms with Crippen molar-refractivity contribution in [2.24, 2.45) is 0 Å². The first-order valence-corrected chi connectivity index (χ1v) is 10.3. The molecule has 1 aliphatic rings. The third-order valence-electron chi connectivity index (χ3n) is 4.80. The molecule has 1 N–H and O–H groups in total. The van der Waals surface area contributed by atoms with Crippen LogP contribution in [0.3, 0.4) is 0 Å². The molecule has 0 unspecified atom stereocenters. The summed E-state index contributed by atoms with van der Waals surface area (Å²) in [5.74, 6) is -1.53. The van der Waals surface area contributed by atoms with Crippen LogP contribution < -0.4 is 15.0 Å². The zero-order valence-corrected chi connectivity index (χ0v) is 18.4. The highest BCUT2D eigenvalue weighted by atomic mass is 16.6. The highest BCUT2D eigenvalue weighted by molar-refractivity contribution is 6.39. The van der Waals surface area contributed by atoms with Crippen molar-refractivity contribution in [1.29, 1.82) is 0 Å². The Labute approximate surface area is 191 Å². The van der Waals surface area contributed by atoms with E-state index in [0.717, 1.165) is 10.5 Å². The molecule has 0 spiro atoms. The van der Waals surface area contributed by atoms with E-state index >= 15 is 0 Å². The molecular weight excluding hydrogens is 424 g/mol. The molecule has 3 rings (SSSR count). The van der Waals surface area contributed by atoms with Gasteiger partial charge in [-0.15, -0.1) is 6.58 Å². The van der Waals surface area contributed by atoms with Crippen LogP contribution in [0, 0.1) is 6.92 Å². The fraction of sp³-hybridized carbons (Fsp3) is 0.200. The number of nitrogens with zero attached hydrogens (tertiary/aromatic N) is 1. The van der Waals surface area contributed by atoms with Gasteiger partial charge in [0.05, 0.1) is 12.3 Å². The Hall–Kier alpha value is -4.20. The Morgan fingerprint density at radius 1 is 1.12 bits per heavy atom. The van der Waals surface area contributed by atoms with Gasteiger partial charge in [-0.25, -0.2) is 14.5 Å². The molecule has 0 bridgehead atoms. The number of anilines is 1. The second kappa shape index (κ2) is 10.4. The summed E-state index contributed by atoms with van der Waals surface area (Å²) in [6.07, 6.45) is 3.51. The average Bonchev–Trinajstić information content (AvgIpc) is 2.77. The van der Waals surface area contributed by atoms with E-state index in [-0.39, 0.29) is 18.8 Å². The number of hydrogen-bond donors (Lipinski definition) is 1. The van der Waals surface area contributed by atoms with E-state index in [1.165, 1.54) is 6.08 Å². The first kappa shape index (κ1) is 23.5. The zero-order chi connectivity index (χ0) is 24.0. The van der Waals surface area contributed by atoms with Crippen LogP contribution in [0.2, 0.25) is 0 Å². The van der Waals surface area contributed by atoms with Crippen molar-refractivity contribution in [3.05, 3.63) is 77.4 Å². The average molecular weight is 448 g/mol. The number of benzene rings is 2. The third kappa shape index (κ3) is 5.54. The predicted octanol–water partition coefficient (Wildman–Crippen LogP) is 3.33. The highest BCUT2D eigenvalue weighted by Gasteiger charge is 2.36. The van der Waals surface area contributed by atoms with Crippen LogP contribution in [0.15, 0.2) is 60.7 Å². The van der Waals surface area contributed by atoms with Crippen molar-refractivity contribution in [3.63, 3.8) is 0 Å². The van der Waals surface area contributed by atoms with Gasteiger partial charge in [0.15, 0.2) is 6.61 Å². The van der Waals surface area contributed by atoms with Crippen molar-refractivity contribution >= 4 is 35.6 Å². The summed E-state index contributed by atoms with van der Waals surface area (Å²) in [6, 6.07) is 11.0. The van der Waals surface area contributed by atoms with Gasteiger partial charge >= 0.3 is 12.0 Å². The van der Waals surface area contributed by atoms with E-state index < -0.39 is 23.8 Å². The summed E-state index contributed by atoms with van der Waals surface area (Å²) in [4.78, 5) is 50.3. The minimum Gasteiger partial charge on any atom is -0.482 e. The van der Waals surface area contributed by atoms with Crippen LogP contribution in [0.5, 0.6) is 5.75 Å². The lowest BCUT2D eigenvalue weighted by atomic mass is 10.0. The first-order valence-electron chi connectivity index (χ1n) is 10.3. The lowest BCUT2D eigenvalue weighted by molar-refractivity contribution is -0.145. The third-order valence-corrected chi connectivity index (χ3v) is 4.80. The monoisotopic (exact) mass is 448 g/mol. The fourth-order valence-electron chi connectivity index (χ4n) is 3.24. The number of ether oxygens (including phenoxy) is 2. The number of amides is 4. The summed E-state index contributed by atoms with van der Waals surface area (Å²) in [5, 5.41) is 2.21. The largest absolute Gasteiger partial charge is 0.482 e. The number of allylic oxidation sites excluding steroid dienone is 1. The normalized spacial score (nSPS) is 14.8. The lowest BCUT2D eigenvalue weighted by Gasteiger charge is -2.26. The van der Waals surface area contributed by atoms with Crippen molar-refractivity contribution in [2.75, 3.05) is 18.1 Å². The van der Waals surface area contributed by atoms with Crippen LogP contribution in [-0.4, -0.2) is 37.0 Å². The number of urea groups is 1. The molecule has 0 radical (unpaired) electrons. The summed E-state index contributed by atoms with van der Waals surface area (Å²) < 4.78 is 10.4. The molecule has 2 aromatic rings. The Balaban J connectivity index is 1.90. The van der Waals surface area contributed by atoms with E-state index in [2.05, 4.69) is 11.9 Å². The smallest absolute Gasteiger partial charge is 0.344 e. The molecule has 33 heavy (non-hydrogen) atoms. The number of hydrogen-bond acceptors (Lipinski definition) is 6. The Morgan fingerprint density at radius 2 is 1.85 bits per heavy atom. The van der Waals surface area contributed by atoms with Crippen LogP contribution >= 0.6 is 0 Å². The molecule has 8 nitrogen and oxygen atoms in total. The van der Waals surface area contributed by atoms with Crippen molar-refractivity contribution < 1.29 is 28.7 Å². The molecule has 0 atom stereocenters. The highest BCUT2D eigenvalue weighted by Crippen LogP contribution is 2.25. The Bertz CT molecular complexity index is 1130. The van der Waals surface area contributed by atoms with E-state index in [1.54, 1.807) is 55.5 Å². The molecule has 2 aromatic carbocycles. The van der Waals surface area contributed by atoms with E-state index in [4.69, 9.17) is 9.47 Å². The second-order valence-electron chi connectivity index (χ2n) is 7.25. The van der Waals surface area contributed by atoms with Crippen LogP contribution in [0.25, 0.3) is 6.08 Å². The molecule has 1 aliphatic heterocycles. The Morgan fingerprint density at radius 3 is 2.52 bits per heavy atom. The topological polar surface area (TPSA) is 102 Å². The number of rotatable bonds is 8. The standard InChI is InChI=1S/C25H24N2O6/c1-4-6-18-13-17(9-12-21(18)33-15-22(28)32-5-2)14-20-23(29)26-25(31)27(24(20)30)19-10-7-16(3)8-11-19/h4,7-14H,1,5-6,15H2,2-3H3,(H,26,29,31)/b20-14+. The summed E-state index contributed by atoms with van der Waals surface area (Å²) >= 11 is 0. The van der Waals surface area contributed by atoms with Crippen LogP contribution in [0.1, 0.15) is 23.6 Å². The molecule has 1 fully saturated rings. The Kier molecular flexibility index (Phi) is 7.40. The number of carbonyl (C=O) groups excluding carboxylic acids is 4. The van der Waals surface area contributed by atoms with Gasteiger partial charge in [-0.1, -0.05) is 29.8 Å². The summed E-state index contributed by atoms with van der Waals surface area (Å²) in [6.45, 7) is 7.33. The minimum absolute atomic E-state index is 0.181. The number of esters is 1. The van der Waals surface area contributed by atoms with Crippen molar-refractivity contribution in [3.8, 4) is 5.75 Å². The fourth-order valence-corrected chi connectivity index (χ4v) is 3.24. The molecule has 8 heteroatoms. The van der Waals surface area contributed by atoms with Gasteiger partial charge in [-0.3, -0.25) is 14.9 Å². The van der Waals surface area contributed by atoms with Crippen LogP contribution in [-0.2, 0) is 25.5 Å². The SMILES string of the molecule is C=CCc1cc(/C=C2\C(=O)NC(=O)N(c3ccc(C)cc3)C2=O)ccc1OCC(=O)OCC. The maximum absolute atomic E-state index is 13.0. The van der Waals surface area contributed by atoms with E-state index in [1.807, 2.05) is 6.92 Å². The summed E-state index contributed by atoms with van der Waals surface area (Å²) in [5.41, 5.74) is 2.40. The molecule has 0 saturated carbocycles. The molecule has 4 amide bonds. The van der Waals surface area contributed by atoms with Crippen LogP contribution in [0.4, 0.5) is 10.5 Å².